The normalized spacial score (nSPS) is 20.0. The summed E-state index contributed by atoms with van der Waals surface area (Å²) in [6.45, 7) is -0.174. The zero-order valence-corrected chi connectivity index (χ0v) is 29.1. The number of esters is 1. The fourth-order valence-corrected chi connectivity index (χ4v) is 6.64. The molecule has 0 bridgehead atoms. The van der Waals surface area contributed by atoms with E-state index in [4.69, 9.17) is 14.2 Å². The van der Waals surface area contributed by atoms with E-state index in [9.17, 15) is 19.5 Å². The Morgan fingerprint density at radius 3 is 2.08 bits per heavy atom. The molecule has 1 aliphatic heterocycles. The Morgan fingerprint density at radius 1 is 0.898 bits per heavy atom. The molecule has 6 rings (SSSR count). The number of rotatable bonds is 11. The van der Waals surface area contributed by atoms with Gasteiger partial charge in [-0.1, -0.05) is 91.0 Å². The van der Waals surface area contributed by atoms with Crippen LogP contribution in [0.1, 0.15) is 33.5 Å². The third-order valence-corrected chi connectivity index (χ3v) is 9.49. The highest BCUT2D eigenvalue weighted by atomic mass is 127. The van der Waals surface area contributed by atoms with Crippen LogP contribution in [0.15, 0.2) is 127 Å². The third kappa shape index (κ3) is 7.62. The highest BCUT2D eigenvalue weighted by molar-refractivity contribution is 14.1. The molecule has 1 aliphatic carbocycles. The highest BCUT2D eigenvalue weighted by Gasteiger charge is 2.55. The van der Waals surface area contributed by atoms with Crippen LogP contribution >= 0.6 is 22.6 Å². The Hall–Kier alpha value is -4.36. The second-order valence-electron chi connectivity index (χ2n) is 12.0. The van der Waals surface area contributed by atoms with Crippen molar-refractivity contribution in [3.8, 4) is 0 Å². The molecule has 9 nitrogen and oxygen atoms in total. The molecule has 4 atom stereocenters. The van der Waals surface area contributed by atoms with Gasteiger partial charge in [-0.3, -0.25) is 9.59 Å². The van der Waals surface area contributed by atoms with Crippen molar-refractivity contribution in [2.45, 2.75) is 43.0 Å². The minimum absolute atomic E-state index is 0.0415. The van der Waals surface area contributed by atoms with Crippen molar-refractivity contribution in [2.24, 2.45) is 0 Å². The summed E-state index contributed by atoms with van der Waals surface area (Å²) in [4.78, 5) is 42.6. The van der Waals surface area contributed by atoms with Crippen molar-refractivity contribution >= 4 is 40.4 Å². The van der Waals surface area contributed by atoms with E-state index in [1.54, 1.807) is 25.3 Å². The van der Waals surface area contributed by atoms with Crippen LogP contribution in [0.2, 0.25) is 0 Å². The Morgan fingerprint density at radius 2 is 1.49 bits per heavy atom. The van der Waals surface area contributed by atoms with Crippen LogP contribution in [-0.4, -0.2) is 72.3 Å². The van der Waals surface area contributed by atoms with Gasteiger partial charge in [0.25, 0.3) is 0 Å². The first-order chi connectivity index (χ1) is 23.8. The van der Waals surface area contributed by atoms with Crippen LogP contribution in [0, 0.1) is 3.57 Å². The predicted octanol–water partition coefficient (Wildman–Crippen LogP) is 5.01. The largest absolute Gasteiger partial charge is 0.456 e. The summed E-state index contributed by atoms with van der Waals surface area (Å²) in [5, 5.41) is 12.1. The van der Waals surface area contributed by atoms with Gasteiger partial charge in [0.1, 0.15) is 24.4 Å². The number of nitrogens with one attached hydrogen (secondary N) is 1. The molecule has 0 spiro atoms. The van der Waals surface area contributed by atoms with E-state index in [0.29, 0.717) is 11.1 Å². The molecule has 1 heterocycles. The summed E-state index contributed by atoms with van der Waals surface area (Å²) >= 11 is 2.17. The van der Waals surface area contributed by atoms with Crippen molar-refractivity contribution in [1.29, 1.82) is 0 Å². The summed E-state index contributed by atoms with van der Waals surface area (Å²) < 4.78 is 20.8. The molecule has 2 aliphatic rings. The molecule has 0 saturated carbocycles. The van der Waals surface area contributed by atoms with Crippen molar-refractivity contribution in [3.05, 3.63) is 153 Å². The summed E-state index contributed by atoms with van der Waals surface area (Å²) in [7, 11) is 1.58. The number of fused-ring (bicyclic) bond motifs is 1. The van der Waals surface area contributed by atoms with Crippen LogP contribution in [0.25, 0.3) is 0 Å². The molecule has 2 N–H and O–H groups in total. The van der Waals surface area contributed by atoms with Crippen LogP contribution in [-0.2, 0) is 36.0 Å². The van der Waals surface area contributed by atoms with Gasteiger partial charge in [0, 0.05) is 46.7 Å². The zero-order chi connectivity index (χ0) is 34.4. The number of likely N-dealkylation sites (N-methyl/N-ethyl adjacent to an activating group) is 1. The molecule has 252 valence electrons. The van der Waals surface area contributed by atoms with E-state index in [0.717, 1.165) is 20.3 Å². The van der Waals surface area contributed by atoms with E-state index in [1.807, 2.05) is 103 Å². The second-order valence-corrected chi connectivity index (χ2v) is 13.2. The molecule has 0 radical (unpaired) electrons. The molecule has 1 saturated heterocycles. The van der Waals surface area contributed by atoms with E-state index in [2.05, 4.69) is 27.9 Å². The smallest absolute Gasteiger partial charge is 0.338 e. The molecule has 4 aromatic carbocycles. The zero-order valence-electron chi connectivity index (χ0n) is 26.9. The molecule has 1 fully saturated rings. The molecule has 49 heavy (non-hydrogen) atoms. The fraction of sp³-hybridized carbons (Fsp3) is 0.256. The summed E-state index contributed by atoms with van der Waals surface area (Å²) in [5.41, 5.74) is 3.07. The Labute approximate surface area is 299 Å². The number of aliphatic hydroxyl groups is 1. The van der Waals surface area contributed by atoms with Crippen LogP contribution in [0.3, 0.4) is 0 Å². The lowest BCUT2D eigenvalue weighted by Gasteiger charge is -2.33. The number of aliphatic hydroxyl groups excluding tert-OH is 1. The lowest BCUT2D eigenvalue weighted by Crippen LogP contribution is -2.51. The maximum absolute atomic E-state index is 14.3. The van der Waals surface area contributed by atoms with Crippen LogP contribution < -0.4 is 5.32 Å². The average molecular weight is 773 g/mol. The molecule has 10 heteroatoms. The number of halogens is 1. The molecule has 0 unspecified atom stereocenters. The number of carbonyl (C=O) groups is 3. The van der Waals surface area contributed by atoms with Gasteiger partial charge in [0.2, 0.25) is 17.6 Å². The fourth-order valence-electron chi connectivity index (χ4n) is 6.28. The number of benzene rings is 4. The first-order valence-electron chi connectivity index (χ1n) is 16.1. The number of amides is 2. The molecule has 0 aromatic heterocycles. The number of hydrogen-bond acceptors (Lipinski definition) is 7. The van der Waals surface area contributed by atoms with Gasteiger partial charge in [-0.15, -0.1) is 0 Å². The lowest BCUT2D eigenvalue weighted by molar-refractivity contribution is -0.157. The maximum atomic E-state index is 14.3. The topological polar surface area (TPSA) is 114 Å². The molecule has 4 aromatic rings. The Balaban J connectivity index is 1.36. The first kappa shape index (κ1) is 34.5. The second kappa shape index (κ2) is 15.5. The van der Waals surface area contributed by atoms with Crippen molar-refractivity contribution in [3.63, 3.8) is 0 Å². The van der Waals surface area contributed by atoms with Gasteiger partial charge in [0.15, 0.2) is 0 Å². The Kier molecular flexibility index (Phi) is 10.9. The Bertz CT molecular complexity index is 1750. The van der Waals surface area contributed by atoms with Crippen molar-refractivity contribution in [1.82, 2.24) is 10.2 Å². The minimum atomic E-state index is -1.34. The average Bonchev–Trinajstić information content (AvgIpc) is 3.55. The SMILES string of the molecule is CN(C(=O)C1=C[C@H]2OC(c3ccccc3)(c3ccccc3)O[C@H]2[C@H](OC(=O)c2ccc(I)cc2)C1)[C@H](Cc1ccccc1)C(=O)NCCO. The first-order valence-corrected chi connectivity index (χ1v) is 17.2. The van der Waals surface area contributed by atoms with Gasteiger partial charge < -0.3 is 29.5 Å². The van der Waals surface area contributed by atoms with Gasteiger partial charge in [-0.25, -0.2) is 4.79 Å². The summed E-state index contributed by atoms with van der Waals surface area (Å²) in [6.07, 6.45) is -0.374. The monoisotopic (exact) mass is 772 g/mol. The lowest BCUT2D eigenvalue weighted by atomic mass is 9.90. The van der Waals surface area contributed by atoms with E-state index >= 15 is 0 Å². The van der Waals surface area contributed by atoms with Crippen molar-refractivity contribution < 1.29 is 33.7 Å². The molecular weight excluding hydrogens is 735 g/mol. The molecule has 2 amide bonds. The minimum Gasteiger partial charge on any atom is -0.456 e. The third-order valence-electron chi connectivity index (χ3n) is 8.77. The van der Waals surface area contributed by atoms with Crippen LogP contribution in [0.4, 0.5) is 0 Å². The van der Waals surface area contributed by atoms with Crippen molar-refractivity contribution in [2.75, 3.05) is 20.2 Å². The standard InChI is InChI=1S/C39H37IN2O7/c1-42(32(36(44)41-21-22-43)23-26-11-5-2-6-12-26)37(45)28-24-33(47-38(46)27-17-19-31(40)20-18-27)35-34(25-28)48-39(49-35,29-13-7-3-8-14-29)30-15-9-4-10-16-30/h2-20,25,32-35,43H,21-24H2,1H3,(H,41,44)/t32-,33-,34-,35+/m1/s1. The molecular formula is C39H37IN2O7. The van der Waals surface area contributed by atoms with E-state index in [1.165, 1.54) is 4.90 Å². The number of hydrogen-bond donors (Lipinski definition) is 2. The summed E-state index contributed by atoms with van der Waals surface area (Å²) in [5.74, 6) is -2.69. The highest BCUT2D eigenvalue weighted by Crippen LogP contribution is 2.47. The van der Waals surface area contributed by atoms with E-state index in [-0.39, 0.29) is 26.0 Å². The number of carbonyl (C=O) groups excluding carboxylic acids is 3. The summed E-state index contributed by atoms with van der Waals surface area (Å²) in [6, 6.07) is 34.7. The van der Waals surface area contributed by atoms with E-state index < -0.39 is 47.9 Å². The number of ether oxygens (including phenoxy) is 3. The van der Waals surface area contributed by atoms with Crippen LogP contribution in [0.5, 0.6) is 0 Å². The maximum Gasteiger partial charge on any atom is 0.338 e. The van der Waals surface area contributed by atoms with Gasteiger partial charge >= 0.3 is 5.97 Å². The van der Waals surface area contributed by atoms with Gasteiger partial charge in [-0.05, 0) is 58.5 Å². The quantitative estimate of drug-likeness (QED) is 0.163. The van der Waals surface area contributed by atoms with Gasteiger partial charge in [0.05, 0.1) is 12.2 Å². The number of nitrogens with zero attached hydrogens (tertiary/aromatic N) is 1. The predicted molar refractivity (Wildman–Crippen MR) is 191 cm³/mol. The van der Waals surface area contributed by atoms with Gasteiger partial charge in [-0.2, -0.15) is 0 Å².